The molecule has 1 aliphatic heterocycles. The van der Waals surface area contributed by atoms with Gasteiger partial charge in [0.1, 0.15) is 0 Å². The van der Waals surface area contributed by atoms with Crippen molar-refractivity contribution in [1.82, 2.24) is 0 Å². The van der Waals surface area contributed by atoms with Crippen LogP contribution < -0.4 is 0 Å². The third-order valence-corrected chi connectivity index (χ3v) is 2.91. The Morgan fingerprint density at radius 2 is 2.00 bits per heavy atom. The molecule has 0 aromatic rings. The lowest BCUT2D eigenvalue weighted by Gasteiger charge is -2.21. The quantitative estimate of drug-likeness (QED) is 0.502. The van der Waals surface area contributed by atoms with Crippen molar-refractivity contribution in [3.05, 3.63) is 0 Å². The molecule has 1 heterocycles. The summed E-state index contributed by atoms with van der Waals surface area (Å²) in [4.78, 5) is 0. The van der Waals surface area contributed by atoms with Crippen molar-refractivity contribution in [2.24, 2.45) is 5.92 Å². The molecule has 1 unspecified atom stereocenters. The highest BCUT2D eigenvalue weighted by Gasteiger charge is 2.40. The first-order chi connectivity index (χ1) is 4.81. The van der Waals surface area contributed by atoms with E-state index in [0.29, 0.717) is 5.60 Å². The van der Waals surface area contributed by atoms with Gasteiger partial charge in [-0.25, -0.2) is 0 Å². The average molecular weight is 140 g/mol. The number of rotatable bonds is 0. The predicted octanol–water partition coefficient (Wildman–Crippen LogP) is 2.36. The maximum Gasteiger partial charge on any atom is 0.0686 e. The highest BCUT2D eigenvalue weighted by Crippen LogP contribution is 2.42. The van der Waals surface area contributed by atoms with Gasteiger partial charge in [0.05, 0.1) is 5.60 Å². The van der Waals surface area contributed by atoms with Gasteiger partial charge in [0.15, 0.2) is 0 Å². The molecule has 1 atom stereocenters. The molecule has 1 nitrogen and oxygen atoms in total. The summed E-state index contributed by atoms with van der Waals surface area (Å²) in [5.74, 6) is 0.818. The number of hydrogen-bond donors (Lipinski definition) is 0. The fourth-order valence-corrected chi connectivity index (χ4v) is 2.44. The van der Waals surface area contributed by atoms with Crippen molar-refractivity contribution in [2.75, 3.05) is 6.61 Å². The van der Waals surface area contributed by atoms with Gasteiger partial charge < -0.3 is 4.74 Å². The first-order valence-corrected chi connectivity index (χ1v) is 4.45. The largest absolute Gasteiger partial charge is 0.375 e. The van der Waals surface area contributed by atoms with Crippen LogP contribution in [0.25, 0.3) is 0 Å². The van der Waals surface area contributed by atoms with E-state index in [9.17, 15) is 0 Å². The van der Waals surface area contributed by atoms with E-state index < -0.39 is 0 Å². The molecule has 0 amide bonds. The van der Waals surface area contributed by atoms with Crippen LogP contribution in [0.2, 0.25) is 0 Å². The first-order valence-electron chi connectivity index (χ1n) is 4.45. The number of ether oxygens (including phenoxy) is 1. The minimum absolute atomic E-state index is 0.361. The lowest BCUT2D eigenvalue weighted by Crippen LogP contribution is -2.22. The Hall–Kier alpha value is -0.0400. The molecule has 0 radical (unpaired) electrons. The lowest BCUT2D eigenvalue weighted by atomic mass is 9.94. The summed E-state index contributed by atoms with van der Waals surface area (Å²) in [6, 6.07) is 0. The molecule has 0 N–H and O–H groups in total. The summed E-state index contributed by atoms with van der Waals surface area (Å²) in [6.45, 7) is 3.31. The highest BCUT2D eigenvalue weighted by atomic mass is 16.5. The fourth-order valence-electron chi connectivity index (χ4n) is 2.44. The lowest BCUT2D eigenvalue weighted by molar-refractivity contribution is 0.00962. The Kier molecular flexibility index (Phi) is 1.48. The second-order valence-corrected chi connectivity index (χ2v) is 4.01. The molecule has 0 aromatic heterocycles. The zero-order valence-electron chi connectivity index (χ0n) is 6.73. The molecule has 1 spiro atoms. The summed E-state index contributed by atoms with van der Waals surface area (Å²) in [5.41, 5.74) is 0.361. The molecule has 0 bridgehead atoms. The Bertz CT molecular complexity index is 125. The van der Waals surface area contributed by atoms with Crippen molar-refractivity contribution < 1.29 is 4.74 Å². The van der Waals surface area contributed by atoms with Gasteiger partial charge in [-0.05, 0) is 25.2 Å². The Balaban J connectivity index is 2.03. The van der Waals surface area contributed by atoms with Crippen molar-refractivity contribution in [1.29, 1.82) is 0 Å². The molecule has 10 heavy (non-hydrogen) atoms. The maximum absolute atomic E-state index is 5.81. The molecule has 1 saturated heterocycles. The Morgan fingerprint density at radius 1 is 1.30 bits per heavy atom. The van der Waals surface area contributed by atoms with E-state index in [0.717, 1.165) is 12.5 Å². The molecule has 1 heteroatoms. The summed E-state index contributed by atoms with van der Waals surface area (Å²) in [5, 5.41) is 0. The second kappa shape index (κ2) is 2.23. The van der Waals surface area contributed by atoms with E-state index in [1.165, 1.54) is 32.1 Å². The third-order valence-electron chi connectivity index (χ3n) is 2.91. The molecule has 2 rings (SSSR count). The van der Waals surface area contributed by atoms with Crippen LogP contribution in [0.3, 0.4) is 0 Å². The molecule has 58 valence electrons. The molecule has 1 aliphatic carbocycles. The molecular formula is C9H16O. The van der Waals surface area contributed by atoms with Gasteiger partial charge in [0.2, 0.25) is 0 Å². The molecule has 1 saturated carbocycles. The van der Waals surface area contributed by atoms with Crippen molar-refractivity contribution >= 4 is 0 Å². The van der Waals surface area contributed by atoms with E-state index in [1.807, 2.05) is 0 Å². The second-order valence-electron chi connectivity index (χ2n) is 4.01. The van der Waals surface area contributed by atoms with Crippen LogP contribution in [0.1, 0.15) is 39.0 Å². The minimum Gasteiger partial charge on any atom is -0.375 e. The normalized spacial score (nSPS) is 37.5. The van der Waals surface area contributed by atoms with Crippen molar-refractivity contribution in [3.8, 4) is 0 Å². The smallest absolute Gasteiger partial charge is 0.0686 e. The van der Waals surface area contributed by atoms with Crippen LogP contribution in [0, 0.1) is 5.92 Å². The van der Waals surface area contributed by atoms with Gasteiger partial charge in [-0.15, -0.1) is 0 Å². The topological polar surface area (TPSA) is 9.23 Å². The van der Waals surface area contributed by atoms with Gasteiger partial charge in [-0.2, -0.15) is 0 Å². The zero-order chi connectivity index (χ0) is 7.03. The summed E-state index contributed by atoms with van der Waals surface area (Å²) >= 11 is 0. The summed E-state index contributed by atoms with van der Waals surface area (Å²) in [6.07, 6.45) is 6.78. The minimum atomic E-state index is 0.361. The SMILES string of the molecule is CC1COC2(CCCC2)C1. The van der Waals surface area contributed by atoms with E-state index in [4.69, 9.17) is 4.74 Å². The van der Waals surface area contributed by atoms with E-state index in [-0.39, 0.29) is 0 Å². The standard InChI is InChI=1S/C9H16O/c1-8-6-9(10-7-8)4-2-3-5-9/h8H,2-7H2,1H3. The predicted molar refractivity (Wildman–Crippen MR) is 40.9 cm³/mol. The van der Waals surface area contributed by atoms with Gasteiger partial charge in [0.25, 0.3) is 0 Å². The van der Waals surface area contributed by atoms with E-state index in [1.54, 1.807) is 0 Å². The van der Waals surface area contributed by atoms with Crippen LogP contribution in [0.4, 0.5) is 0 Å². The van der Waals surface area contributed by atoms with Crippen LogP contribution in [0.15, 0.2) is 0 Å². The zero-order valence-corrected chi connectivity index (χ0v) is 6.73. The van der Waals surface area contributed by atoms with E-state index >= 15 is 0 Å². The Labute approximate surface area is 62.8 Å². The monoisotopic (exact) mass is 140 g/mol. The summed E-state index contributed by atoms with van der Waals surface area (Å²) in [7, 11) is 0. The highest BCUT2D eigenvalue weighted by molar-refractivity contribution is 4.91. The average Bonchev–Trinajstić information content (AvgIpc) is 2.46. The van der Waals surface area contributed by atoms with Gasteiger partial charge in [0, 0.05) is 6.61 Å². The summed E-state index contributed by atoms with van der Waals surface area (Å²) < 4.78 is 5.81. The van der Waals surface area contributed by atoms with Crippen molar-refractivity contribution in [3.63, 3.8) is 0 Å². The van der Waals surface area contributed by atoms with Crippen LogP contribution >= 0.6 is 0 Å². The van der Waals surface area contributed by atoms with Crippen molar-refractivity contribution in [2.45, 2.75) is 44.6 Å². The molecule has 2 fully saturated rings. The maximum atomic E-state index is 5.81. The molecule has 0 aromatic carbocycles. The van der Waals surface area contributed by atoms with Gasteiger partial charge in [-0.3, -0.25) is 0 Å². The number of hydrogen-bond acceptors (Lipinski definition) is 1. The van der Waals surface area contributed by atoms with Gasteiger partial charge >= 0.3 is 0 Å². The van der Waals surface area contributed by atoms with Gasteiger partial charge in [-0.1, -0.05) is 19.8 Å². The van der Waals surface area contributed by atoms with E-state index in [2.05, 4.69) is 6.92 Å². The third kappa shape index (κ3) is 0.968. The van der Waals surface area contributed by atoms with Crippen LogP contribution in [0.5, 0.6) is 0 Å². The van der Waals surface area contributed by atoms with Crippen LogP contribution in [-0.4, -0.2) is 12.2 Å². The first kappa shape index (κ1) is 6.66. The van der Waals surface area contributed by atoms with Crippen LogP contribution in [-0.2, 0) is 4.74 Å². The fraction of sp³-hybridized carbons (Fsp3) is 1.00. The Morgan fingerprint density at radius 3 is 2.50 bits per heavy atom. The molecular weight excluding hydrogens is 124 g/mol. The molecule has 2 aliphatic rings.